The Bertz CT molecular complexity index is 1010. The largest absolute Gasteiger partial charge is 0.298 e. The van der Waals surface area contributed by atoms with Gasteiger partial charge in [0.2, 0.25) is 0 Å². The monoisotopic (exact) mass is 630 g/mol. The minimum atomic E-state index is -2.24. The lowest BCUT2D eigenvalue weighted by Crippen LogP contribution is -2.49. The maximum atomic E-state index is 14.6. The second-order valence-corrected chi connectivity index (χ2v) is 22.9. The first-order chi connectivity index (χ1) is 15.6. The van der Waals surface area contributed by atoms with Gasteiger partial charge in [0.1, 0.15) is 11.6 Å². The van der Waals surface area contributed by atoms with E-state index < -0.39 is 50.9 Å². The van der Waals surface area contributed by atoms with Gasteiger partial charge in [0, 0.05) is 0 Å². The van der Waals surface area contributed by atoms with Crippen LogP contribution in [0.5, 0.6) is 0 Å². The number of Topliss-reactive ketones (excluding diaryl/α,β-unsaturated/α-hetero) is 1. The summed E-state index contributed by atoms with van der Waals surface area (Å²) in [7, 11) is -4.48. The van der Waals surface area contributed by atoms with Crippen LogP contribution in [0, 0.1) is 22.7 Å². The number of hydrogen-bond acceptors (Lipinski definition) is 5. The molecule has 0 amide bonds. The van der Waals surface area contributed by atoms with Crippen LogP contribution in [-0.2, 0) is 4.79 Å². The van der Waals surface area contributed by atoms with Crippen molar-refractivity contribution in [3.05, 3.63) is 68.1 Å². The van der Waals surface area contributed by atoms with Crippen LogP contribution in [-0.4, -0.2) is 33.3 Å². The molecule has 11 heteroatoms. The van der Waals surface area contributed by atoms with E-state index in [2.05, 4.69) is 42.1 Å². The maximum Gasteiger partial charge on any atom is 0.151 e. The molecule has 0 aromatic heterocycles. The van der Waals surface area contributed by atoms with Gasteiger partial charge >= 0.3 is 0 Å². The average molecular weight is 632 g/mol. The molecule has 0 aliphatic rings. The Labute approximate surface area is 218 Å². The number of halogens is 4. The molecule has 0 heterocycles. The number of nitrogens with one attached hydrogen (secondary N) is 2. The summed E-state index contributed by atoms with van der Waals surface area (Å²) in [5, 5.41) is 7.75. The zero-order valence-electron chi connectivity index (χ0n) is 20.1. The third kappa shape index (κ3) is 6.41. The van der Waals surface area contributed by atoms with E-state index in [1.165, 1.54) is 24.3 Å². The summed E-state index contributed by atoms with van der Waals surface area (Å²) < 4.78 is 29.7. The molecule has 4 atom stereocenters. The Hall–Kier alpha value is -1.44. The molecular formula is C23H30Br2F2N4OSi2. The topological polar surface area (TPSA) is 89.5 Å². The lowest BCUT2D eigenvalue weighted by atomic mass is 9.83. The van der Waals surface area contributed by atoms with Crippen LogP contribution < -0.4 is 0 Å². The molecule has 2 aromatic carbocycles. The van der Waals surface area contributed by atoms with E-state index in [9.17, 15) is 13.6 Å². The molecule has 2 rings (SSSR count). The van der Waals surface area contributed by atoms with Gasteiger partial charge in [-0.25, -0.2) is 19.8 Å². The lowest BCUT2D eigenvalue weighted by molar-refractivity contribution is -0.122. The Kier molecular flexibility index (Phi) is 9.39. The minimum Gasteiger partial charge on any atom is -0.298 e. The molecule has 0 aliphatic carbocycles. The molecule has 0 aliphatic heterocycles. The standard InChI is InChI=1S/C23H30Br2F2N4OSi2/c1-33(2,3)22(30-28)19(13-7-9-15(24)17(26)11-13)21(32)20(23(31-29)34(4,5)6)14-8-10-16(25)18(27)12-14/h7-12,19-20,22-23,28-29H,1-6H3. The highest BCUT2D eigenvalue weighted by Crippen LogP contribution is 2.40. The number of rotatable bonds is 10. The normalized spacial score (nSPS) is 15.8. The van der Waals surface area contributed by atoms with Crippen molar-refractivity contribution in [3.63, 3.8) is 0 Å². The fourth-order valence-corrected chi connectivity index (χ4v) is 8.13. The molecule has 2 aromatic rings. The number of hydrogen-bond donors (Lipinski definition) is 2. The zero-order valence-corrected chi connectivity index (χ0v) is 25.3. The van der Waals surface area contributed by atoms with Gasteiger partial charge in [-0.1, -0.05) is 51.4 Å². The van der Waals surface area contributed by atoms with Gasteiger partial charge in [-0.2, -0.15) is 10.2 Å². The van der Waals surface area contributed by atoms with E-state index in [0.717, 1.165) is 0 Å². The molecule has 184 valence electrons. The number of nitrogens with zero attached hydrogens (tertiary/aromatic N) is 2. The molecule has 2 N–H and O–H groups in total. The van der Waals surface area contributed by atoms with Crippen LogP contribution in [0.2, 0.25) is 39.3 Å². The van der Waals surface area contributed by atoms with Crippen molar-refractivity contribution in [2.45, 2.75) is 62.4 Å². The van der Waals surface area contributed by atoms with Gasteiger partial charge in [-0.05, 0) is 67.3 Å². The summed E-state index contributed by atoms with van der Waals surface area (Å²) >= 11 is 6.32. The predicted octanol–water partition coefficient (Wildman–Crippen LogP) is 8.48. The van der Waals surface area contributed by atoms with E-state index in [1.807, 2.05) is 39.3 Å². The van der Waals surface area contributed by atoms with Gasteiger partial charge in [0.15, 0.2) is 5.78 Å². The molecule has 0 bridgehead atoms. The van der Waals surface area contributed by atoms with Crippen molar-refractivity contribution in [1.29, 1.82) is 11.1 Å². The highest BCUT2D eigenvalue weighted by Gasteiger charge is 2.47. The Morgan fingerprint density at radius 2 is 1.09 bits per heavy atom. The minimum absolute atomic E-state index is 0.266. The van der Waals surface area contributed by atoms with E-state index >= 15 is 0 Å². The third-order valence-electron chi connectivity index (χ3n) is 5.90. The van der Waals surface area contributed by atoms with E-state index in [1.54, 1.807) is 12.1 Å². The summed E-state index contributed by atoms with van der Waals surface area (Å²) in [4.78, 5) is 14.4. The Morgan fingerprint density at radius 3 is 1.32 bits per heavy atom. The zero-order chi connectivity index (χ0) is 26.0. The fraction of sp³-hybridized carbons (Fsp3) is 0.435. The Balaban J connectivity index is 2.84. The molecule has 0 fully saturated rings. The Morgan fingerprint density at radius 1 is 0.765 bits per heavy atom. The van der Waals surface area contributed by atoms with Crippen molar-refractivity contribution in [2.24, 2.45) is 10.2 Å². The van der Waals surface area contributed by atoms with E-state index in [0.29, 0.717) is 11.1 Å². The fourth-order valence-electron chi connectivity index (χ4n) is 4.15. The molecule has 5 nitrogen and oxygen atoms in total. The van der Waals surface area contributed by atoms with Crippen molar-refractivity contribution in [1.82, 2.24) is 0 Å². The summed E-state index contributed by atoms with van der Waals surface area (Å²) in [6.07, 6.45) is 0. The first-order valence-corrected chi connectivity index (χ1v) is 19.5. The van der Waals surface area contributed by atoms with Crippen LogP contribution in [0.25, 0.3) is 0 Å². The molecule has 4 unspecified atom stereocenters. The SMILES string of the molecule is C[Si](C)(C)C(N=N)C(C(=O)C(c1ccc(Br)c(F)c1)C(N=N)[Si](C)(C)C)c1ccc(Br)c(F)c1. The first kappa shape index (κ1) is 28.8. The summed E-state index contributed by atoms with van der Waals surface area (Å²) in [5.41, 5.74) is 15.4. The van der Waals surface area contributed by atoms with Gasteiger partial charge in [-0.15, -0.1) is 0 Å². The van der Waals surface area contributed by atoms with Gasteiger partial charge < -0.3 is 0 Å². The first-order valence-electron chi connectivity index (χ1n) is 10.8. The third-order valence-corrected chi connectivity index (χ3v) is 11.7. The average Bonchev–Trinajstić information content (AvgIpc) is 2.72. The quantitative estimate of drug-likeness (QED) is 0.200. The molecule has 0 saturated heterocycles. The van der Waals surface area contributed by atoms with Crippen LogP contribution in [0.4, 0.5) is 8.78 Å². The van der Waals surface area contributed by atoms with Gasteiger partial charge in [-0.3, -0.25) is 4.79 Å². The molecule has 0 radical (unpaired) electrons. The van der Waals surface area contributed by atoms with Crippen molar-refractivity contribution in [3.8, 4) is 0 Å². The van der Waals surface area contributed by atoms with Crippen LogP contribution in [0.15, 0.2) is 55.6 Å². The molecular weight excluding hydrogens is 602 g/mol. The number of benzene rings is 2. The number of carbonyl (C=O) groups excluding carboxylic acids is 1. The summed E-state index contributed by atoms with van der Waals surface area (Å²) in [5.74, 6) is -3.22. The highest BCUT2D eigenvalue weighted by atomic mass is 79.9. The highest BCUT2D eigenvalue weighted by molar-refractivity contribution is 9.10. The summed E-state index contributed by atoms with van der Waals surface area (Å²) in [6.45, 7) is 12.0. The number of ketones is 1. The molecule has 0 spiro atoms. The van der Waals surface area contributed by atoms with Gasteiger partial charge in [0.05, 0.1) is 48.3 Å². The van der Waals surface area contributed by atoms with Crippen LogP contribution in [0.3, 0.4) is 0 Å². The second kappa shape index (κ2) is 11.1. The van der Waals surface area contributed by atoms with E-state index in [4.69, 9.17) is 11.1 Å². The van der Waals surface area contributed by atoms with E-state index in [-0.39, 0.29) is 14.7 Å². The van der Waals surface area contributed by atoms with Crippen molar-refractivity contribution >= 4 is 53.8 Å². The summed E-state index contributed by atoms with van der Waals surface area (Å²) in [6, 6.07) is 8.99. The van der Waals surface area contributed by atoms with Crippen LogP contribution >= 0.6 is 31.9 Å². The molecule has 0 saturated carbocycles. The smallest absolute Gasteiger partial charge is 0.151 e. The maximum absolute atomic E-state index is 14.6. The number of carbonyl (C=O) groups is 1. The van der Waals surface area contributed by atoms with Gasteiger partial charge in [0.25, 0.3) is 0 Å². The van der Waals surface area contributed by atoms with Crippen molar-refractivity contribution in [2.75, 3.05) is 0 Å². The molecule has 34 heavy (non-hydrogen) atoms. The predicted molar refractivity (Wildman–Crippen MR) is 143 cm³/mol. The van der Waals surface area contributed by atoms with Crippen LogP contribution in [0.1, 0.15) is 23.0 Å². The lowest BCUT2D eigenvalue weighted by Gasteiger charge is -2.37. The van der Waals surface area contributed by atoms with Crippen molar-refractivity contribution < 1.29 is 13.6 Å². The second-order valence-electron chi connectivity index (χ2n) is 10.6.